The van der Waals surface area contributed by atoms with Crippen LogP contribution in [0.1, 0.15) is 93.8 Å². The standard InChI is InChI=1S/C58H61N6O5P/c1-42(2)64(43(3)4)70(37-23-36-59)69-41-44-38-45(55(65)60-62-57(47-24-11-7-12-25-47,48-26-13-8-14-27-48)51-32-19-21-34-53(51)67-5)40-46(39-44)56(66)61-63-58(49-28-15-9-16-29-49,50-30-17-10-18-31-50)52-33-20-22-35-54(52)68-6/h7-22,24-35,38-40,42-43,62-63H,23,37,41H2,1-6H3,(H,60,65)(H,61,66). The maximum atomic E-state index is 14.9. The monoisotopic (exact) mass is 952 g/mol. The fourth-order valence-corrected chi connectivity index (χ4v) is 11.3. The normalized spacial score (nSPS) is 12.1. The number of carbonyl (C=O) groups excluding carboxylic acids is 2. The van der Waals surface area contributed by atoms with E-state index in [0.29, 0.717) is 29.6 Å². The summed E-state index contributed by atoms with van der Waals surface area (Å²) in [4.78, 5) is 29.9. The molecule has 0 aromatic heterocycles. The average Bonchev–Trinajstić information content (AvgIpc) is 3.40. The highest BCUT2D eigenvalue weighted by Gasteiger charge is 2.41. The van der Waals surface area contributed by atoms with Crippen LogP contribution in [0.5, 0.6) is 11.5 Å². The van der Waals surface area contributed by atoms with E-state index in [2.05, 4.69) is 60.1 Å². The smallest absolute Gasteiger partial charge is 0.265 e. The number of carbonyl (C=O) groups is 2. The Kier molecular flexibility index (Phi) is 17.3. The molecule has 1 atom stereocenters. The number of nitriles is 1. The lowest BCUT2D eigenvalue weighted by Crippen LogP contribution is -2.54. The van der Waals surface area contributed by atoms with Crippen molar-refractivity contribution < 1.29 is 23.6 Å². The van der Waals surface area contributed by atoms with E-state index in [4.69, 9.17) is 14.0 Å². The number of nitrogens with one attached hydrogen (secondary N) is 4. The zero-order valence-corrected chi connectivity index (χ0v) is 41.5. The maximum Gasteiger partial charge on any atom is 0.265 e. The highest BCUT2D eigenvalue weighted by molar-refractivity contribution is 7.50. The topological polar surface area (TPSA) is 137 Å². The highest BCUT2D eigenvalue weighted by Crippen LogP contribution is 2.46. The maximum absolute atomic E-state index is 14.9. The summed E-state index contributed by atoms with van der Waals surface area (Å²) in [5, 5.41) is 9.64. The van der Waals surface area contributed by atoms with Crippen molar-refractivity contribution in [3.8, 4) is 17.6 Å². The predicted molar refractivity (Wildman–Crippen MR) is 278 cm³/mol. The Balaban J connectivity index is 1.31. The number of rotatable bonds is 22. The van der Waals surface area contributed by atoms with Crippen molar-refractivity contribution in [2.45, 2.75) is 63.9 Å². The molecule has 0 aliphatic heterocycles. The fourth-order valence-electron chi connectivity index (χ4n) is 9.18. The number of hydrogen-bond donors (Lipinski definition) is 4. The van der Waals surface area contributed by atoms with Crippen LogP contribution in [0, 0.1) is 11.3 Å². The van der Waals surface area contributed by atoms with Crippen LogP contribution >= 0.6 is 8.30 Å². The van der Waals surface area contributed by atoms with Gasteiger partial charge in [0.1, 0.15) is 30.9 Å². The van der Waals surface area contributed by atoms with Crippen LogP contribution in [0.15, 0.2) is 188 Å². The Morgan fingerprint density at radius 2 is 0.914 bits per heavy atom. The quantitative estimate of drug-likeness (QED) is 0.0297. The van der Waals surface area contributed by atoms with Crippen LogP contribution in [0.25, 0.3) is 0 Å². The van der Waals surface area contributed by atoms with Crippen molar-refractivity contribution in [3.63, 3.8) is 0 Å². The van der Waals surface area contributed by atoms with Crippen LogP contribution in [0.2, 0.25) is 0 Å². The molecule has 4 N–H and O–H groups in total. The molecule has 1 unspecified atom stereocenters. The predicted octanol–water partition coefficient (Wildman–Crippen LogP) is 11.0. The third-order valence-corrected chi connectivity index (χ3v) is 14.7. The molecule has 0 aliphatic rings. The summed E-state index contributed by atoms with van der Waals surface area (Å²) >= 11 is 0. The van der Waals surface area contributed by atoms with Gasteiger partial charge in [0.25, 0.3) is 11.8 Å². The average molecular weight is 953 g/mol. The summed E-state index contributed by atoms with van der Waals surface area (Å²) in [5.74, 6) is 0.235. The van der Waals surface area contributed by atoms with Crippen molar-refractivity contribution in [1.29, 1.82) is 5.26 Å². The second-order valence-corrected chi connectivity index (χ2v) is 19.1. The minimum absolute atomic E-state index is 0.0771. The van der Waals surface area contributed by atoms with Gasteiger partial charge < -0.3 is 14.0 Å². The summed E-state index contributed by atoms with van der Waals surface area (Å²) in [7, 11) is 2.02. The van der Waals surface area contributed by atoms with Crippen LogP contribution in [0.3, 0.4) is 0 Å². The van der Waals surface area contributed by atoms with Crippen molar-refractivity contribution in [3.05, 3.63) is 238 Å². The molecule has 0 radical (unpaired) electrons. The van der Waals surface area contributed by atoms with E-state index in [1.54, 1.807) is 32.4 Å². The van der Waals surface area contributed by atoms with Crippen LogP contribution < -0.4 is 31.2 Å². The Hall–Kier alpha value is -7.16. The Morgan fingerprint density at radius 3 is 1.26 bits per heavy atom. The first-order chi connectivity index (χ1) is 34.1. The summed E-state index contributed by atoms with van der Waals surface area (Å²) in [6, 6.07) is 62.6. The third kappa shape index (κ3) is 11.1. The molecule has 7 rings (SSSR count). The lowest BCUT2D eigenvalue weighted by molar-refractivity contribution is 0.0917. The molecular formula is C58H61N6O5P. The highest BCUT2D eigenvalue weighted by atomic mass is 31.2. The van der Waals surface area contributed by atoms with Gasteiger partial charge in [0.05, 0.1) is 26.9 Å². The van der Waals surface area contributed by atoms with Crippen LogP contribution in [-0.4, -0.2) is 48.9 Å². The first-order valence-corrected chi connectivity index (χ1v) is 24.8. The van der Waals surface area contributed by atoms with E-state index in [0.717, 1.165) is 33.4 Å². The van der Waals surface area contributed by atoms with E-state index < -0.39 is 31.2 Å². The van der Waals surface area contributed by atoms with Crippen molar-refractivity contribution in [2.75, 3.05) is 20.4 Å². The molecule has 2 amide bonds. The number of hydrogen-bond acceptors (Lipinski definition) is 9. The number of nitrogens with zero attached hydrogens (tertiary/aromatic N) is 2. The van der Waals surface area contributed by atoms with Crippen molar-refractivity contribution in [1.82, 2.24) is 26.4 Å². The second-order valence-electron chi connectivity index (χ2n) is 17.3. The molecule has 7 aromatic carbocycles. The van der Waals surface area contributed by atoms with Crippen LogP contribution in [0.4, 0.5) is 0 Å². The van der Waals surface area contributed by atoms with Gasteiger partial charge in [0.15, 0.2) is 0 Å². The number of amides is 2. The van der Waals surface area contributed by atoms with Gasteiger partial charge in [-0.1, -0.05) is 158 Å². The van der Waals surface area contributed by atoms with Crippen molar-refractivity contribution in [2.24, 2.45) is 0 Å². The molecule has 0 bridgehead atoms. The molecule has 12 heteroatoms. The lowest BCUT2D eigenvalue weighted by Gasteiger charge is -2.38. The molecule has 11 nitrogen and oxygen atoms in total. The summed E-state index contributed by atoms with van der Waals surface area (Å²) in [6.45, 7) is 8.54. The van der Waals surface area contributed by atoms with E-state index in [1.807, 2.05) is 170 Å². The number of hydrazine groups is 2. The molecule has 0 spiro atoms. The number of methoxy groups -OCH3 is 2. The summed E-state index contributed by atoms with van der Waals surface area (Å²) in [5.41, 5.74) is 16.8. The van der Waals surface area contributed by atoms with Gasteiger partial charge in [-0.05, 0) is 85.8 Å². The largest absolute Gasteiger partial charge is 0.496 e. The van der Waals surface area contributed by atoms with Crippen molar-refractivity contribution >= 4 is 20.1 Å². The summed E-state index contributed by atoms with van der Waals surface area (Å²) in [6.07, 6.45) is 0.861. The second kappa shape index (κ2) is 23.9. The zero-order valence-electron chi connectivity index (χ0n) is 40.6. The van der Waals surface area contributed by atoms with E-state index >= 15 is 0 Å². The van der Waals surface area contributed by atoms with Gasteiger partial charge in [-0.25, -0.2) is 10.9 Å². The third-order valence-electron chi connectivity index (χ3n) is 12.2. The SMILES string of the molecule is COc1ccccc1C(NNC(=O)c1cc(COP(CCC#N)N(C(C)C)C(C)C)cc(C(=O)NNC(c2ccccc2)(c2ccccc2)c2ccccc2OC)c1)(c1ccccc1)c1ccccc1. The number of para-hydroxylation sites is 2. The minimum atomic E-state index is -1.23. The van der Waals surface area contributed by atoms with E-state index in [1.165, 1.54) is 0 Å². The van der Waals surface area contributed by atoms with Gasteiger partial charge in [-0.15, -0.1) is 0 Å². The zero-order chi connectivity index (χ0) is 49.5. The Morgan fingerprint density at radius 1 is 0.557 bits per heavy atom. The molecule has 70 heavy (non-hydrogen) atoms. The lowest BCUT2D eigenvalue weighted by atomic mass is 9.77. The number of ether oxygens (including phenoxy) is 2. The Bertz CT molecular complexity index is 2590. The molecule has 0 fully saturated rings. The summed E-state index contributed by atoms with van der Waals surface area (Å²) < 4.78 is 20.9. The first-order valence-electron chi connectivity index (χ1n) is 23.4. The Labute approximate surface area is 413 Å². The number of benzene rings is 7. The van der Waals surface area contributed by atoms with Gasteiger partial charge in [-0.3, -0.25) is 25.1 Å². The molecule has 358 valence electrons. The molecule has 7 aromatic rings. The van der Waals surface area contributed by atoms with E-state index in [-0.39, 0.29) is 29.8 Å². The molecule has 0 heterocycles. The minimum Gasteiger partial charge on any atom is -0.496 e. The van der Waals surface area contributed by atoms with Crippen LogP contribution in [-0.2, 0) is 22.2 Å². The molecule has 0 saturated carbocycles. The van der Waals surface area contributed by atoms with Gasteiger partial charge in [-0.2, -0.15) is 5.26 Å². The van der Waals surface area contributed by atoms with Gasteiger partial charge in [0.2, 0.25) is 0 Å². The van der Waals surface area contributed by atoms with E-state index in [9.17, 15) is 14.9 Å². The van der Waals surface area contributed by atoms with Gasteiger partial charge >= 0.3 is 0 Å². The molecule has 0 saturated heterocycles. The first kappa shape index (κ1) is 50.7. The fraction of sp³-hybridized carbons (Fsp3) is 0.224. The van der Waals surface area contributed by atoms with Gasteiger partial charge in [0, 0.05) is 46.9 Å². The molecule has 0 aliphatic carbocycles. The molecular weight excluding hydrogens is 892 g/mol.